The van der Waals surface area contributed by atoms with Gasteiger partial charge in [0.1, 0.15) is 0 Å². The molecule has 21 heavy (non-hydrogen) atoms. The lowest BCUT2D eigenvalue weighted by Crippen LogP contribution is -2.30. The first-order valence-corrected chi connectivity index (χ1v) is 7.11. The summed E-state index contributed by atoms with van der Waals surface area (Å²) < 4.78 is 37.7. The minimum absolute atomic E-state index is 0.115. The topological polar surface area (TPSA) is 32.3 Å². The highest BCUT2D eigenvalue weighted by atomic mass is 19.4. The van der Waals surface area contributed by atoms with E-state index in [0.717, 1.165) is 38.1 Å². The van der Waals surface area contributed by atoms with Gasteiger partial charge in [-0.1, -0.05) is 18.2 Å². The Labute approximate surface area is 122 Å². The van der Waals surface area contributed by atoms with E-state index in [1.54, 1.807) is 6.07 Å². The normalized spacial score (nSPS) is 15.5. The summed E-state index contributed by atoms with van der Waals surface area (Å²) in [5.41, 5.74) is -0.0756. The van der Waals surface area contributed by atoms with E-state index in [-0.39, 0.29) is 5.91 Å². The van der Waals surface area contributed by atoms with Crippen LogP contribution in [0.1, 0.15) is 30.4 Å². The summed E-state index contributed by atoms with van der Waals surface area (Å²) in [5.74, 6) is 0.115. The summed E-state index contributed by atoms with van der Waals surface area (Å²) in [4.78, 5) is 13.6. The van der Waals surface area contributed by atoms with Gasteiger partial charge in [0, 0.05) is 32.6 Å². The Bertz CT molecular complexity index is 482. The van der Waals surface area contributed by atoms with Crippen molar-refractivity contribution in [1.82, 2.24) is 10.2 Å². The molecule has 1 N–H and O–H groups in total. The third kappa shape index (κ3) is 4.74. The van der Waals surface area contributed by atoms with Crippen molar-refractivity contribution in [2.45, 2.75) is 32.0 Å². The van der Waals surface area contributed by atoms with Gasteiger partial charge in [-0.15, -0.1) is 0 Å². The number of nitrogens with zero attached hydrogens (tertiary/aromatic N) is 1. The molecule has 116 valence electrons. The summed E-state index contributed by atoms with van der Waals surface area (Å²) in [6, 6.07) is 5.23. The van der Waals surface area contributed by atoms with E-state index in [1.165, 1.54) is 6.07 Å². The van der Waals surface area contributed by atoms with E-state index in [0.29, 0.717) is 25.1 Å². The van der Waals surface area contributed by atoms with Crippen LogP contribution in [0.2, 0.25) is 0 Å². The van der Waals surface area contributed by atoms with Crippen molar-refractivity contribution >= 4 is 5.91 Å². The SMILES string of the molecule is O=C(CCNCc1cccc(C(F)(F)F)c1)N1CCCC1. The second-order valence-electron chi connectivity index (χ2n) is 5.21. The van der Waals surface area contributed by atoms with Crippen LogP contribution >= 0.6 is 0 Å². The van der Waals surface area contributed by atoms with Crippen LogP contribution in [-0.4, -0.2) is 30.4 Å². The zero-order chi connectivity index (χ0) is 15.3. The maximum Gasteiger partial charge on any atom is 0.416 e. The molecule has 1 heterocycles. The molecule has 0 atom stereocenters. The monoisotopic (exact) mass is 300 g/mol. The highest BCUT2D eigenvalue weighted by Crippen LogP contribution is 2.29. The van der Waals surface area contributed by atoms with E-state index in [2.05, 4.69) is 5.32 Å². The minimum atomic E-state index is -4.32. The Morgan fingerprint density at radius 1 is 1.24 bits per heavy atom. The van der Waals surface area contributed by atoms with Crippen LogP contribution in [-0.2, 0) is 17.5 Å². The number of benzene rings is 1. The lowest BCUT2D eigenvalue weighted by molar-refractivity contribution is -0.137. The van der Waals surface area contributed by atoms with E-state index in [4.69, 9.17) is 0 Å². The summed E-state index contributed by atoms with van der Waals surface area (Å²) in [6.07, 6.45) is -1.81. The fourth-order valence-corrected chi connectivity index (χ4v) is 2.41. The van der Waals surface area contributed by atoms with Gasteiger partial charge in [-0.05, 0) is 24.5 Å². The molecule has 1 fully saturated rings. The molecule has 2 rings (SSSR count). The van der Waals surface area contributed by atoms with Crippen LogP contribution in [0.3, 0.4) is 0 Å². The summed E-state index contributed by atoms with van der Waals surface area (Å²) in [5, 5.41) is 3.02. The molecule has 0 saturated carbocycles. The molecule has 0 aliphatic carbocycles. The number of rotatable bonds is 5. The third-order valence-electron chi connectivity index (χ3n) is 3.56. The second kappa shape index (κ2) is 6.93. The summed E-state index contributed by atoms with van der Waals surface area (Å²) in [6.45, 7) is 2.46. The van der Waals surface area contributed by atoms with E-state index in [1.807, 2.05) is 4.90 Å². The molecule has 0 aromatic heterocycles. The van der Waals surface area contributed by atoms with Gasteiger partial charge in [-0.3, -0.25) is 4.79 Å². The van der Waals surface area contributed by atoms with Gasteiger partial charge in [-0.25, -0.2) is 0 Å². The van der Waals surface area contributed by atoms with Crippen molar-refractivity contribution in [2.75, 3.05) is 19.6 Å². The van der Waals surface area contributed by atoms with Gasteiger partial charge >= 0.3 is 6.18 Å². The Morgan fingerprint density at radius 3 is 2.62 bits per heavy atom. The molecule has 3 nitrogen and oxygen atoms in total. The molecule has 1 aromatic rings. The highest BCUT2D eigenvalue weighted by Gasteiger charge is 2.30. The fraction of sp³-hybridized carbons (Fsp3) is 0.533. The molecule has 0 unspecified atom stereocenters. The largest absolute Gasteiger partial charge is 0.416 e. The van der Waals surface area contributed by atoms with Crippen molar-refractivity contribution in [2.24, 2.45) is 0 Å². The first-order valence-electron chi connectivity index (χ1n) is 7.11. The number of carbonyl (C=O) groups excluding carboxylic acids is 1. The van der Waals surface area contributed by atoms with Crippen molar-refractivity contribution in [3.63, 3.8) is 0 Å². The summed E-state index contributed by atoms with van der Waals surface area (Å²) >= 11 is 0. The van der Waals surface area contributed by atoms with E-state index in [9.17, 15) is 18.0 Å². The van der Waals surface area contributed by atoms with E-state index < -0.39 is 11.7 Å². The lowest BCUT2D eigenvalue weighted by atomic mass is 10.1. The van der Waals surface area contributed by atoms with Gasteiger partial charge in [-0.2, -0.15) is 13.2 Å². The molecular formula is C15H19F3N2O. The zero-order valence-electron chi connectivity index (χ0n) is 11.7. The minimum Gasteiger partial charge on any atom is -0.343 e. The van der Waals surface area contributed by atoms with Crippen LogP contribution in [0, 0.1) is 0 Å². The maximum absolute atomic E-state index is 12.6. The Hall–Kier alpha value is -1.56. The predicted octanol–water partition coefficient (Wildman–Crippen LogP) is 2.81. The summed E-state index contributed by atoms with van der Waals surface area (Å²) in [7, 11) is 0. The smallest absolute Gasteiger partial charge is 0.343 e. The average molecular weight is 300 g/mol. The number of likely N-dealkylation sites (tertiary alicyclic amines) is 1. The number of carbonyl (C=O) groups is 1. The number of alkyl halides is 3. The lowest BCUT2D eigenvalue weighted by Gasteiger charge is -2.15. The molecule has 1 saturated heterocycles. The number of halogens is 3. The van der Waals surface area contributed by atoms with Crippen LogP contribution < -0.4 is 5.32 Å². The first kappa shape index (κ1) is 15.8. The van der Waals surface area contributed by atoms with Crippen molar-refractivity contribution in [3.05, 3.63) is 35.4 Å². The van der Waals surface area contributed by atoms with Crippen LogP contribution in [0.15, 0.2) is 24.3 Å². The standard InChI is InChI=1S/C15H19F3N2O/c16-15(17,18)13-5-3-4-12(10-13)11-19-7-6-14(21)20-8-1-2-9-20/h3-5,10,19H,1-2,6-9,11H2. The molecular weight excluding hydrogens is 281 g/mol. The molecule has 1 aliphatic heterocycles. The molecule has 1 amide bonds. The van der Waals surface area contributed by atoms with Crippen LogP contribution in [0.4, 0.5) is 13.2 Å². The Balaban J connectivity index is 1.74. The molecule has 6 heteroatoms. The number of hydrogen-bond donors (Lipinski definition) is 1. The first-order chi connectivity index (χ1) is 9.97. The second-order valence-corrected chi connectivity index (χ2v) is 5.21. The highest BCUT2D eigenvalue weighted by molar-refractivity contribution is 5.76. The van der Waals surface area contributed by atoms with Crippen LogP contribution in [0.5, 0.6) is 0 Å². The Morgan fingerprint density at radius 2 is 1.95 bits per heavy atom. The molecule has 1 aliphatic rings. The number of amides is 1. The maximum atomic E-state index is 12.6. The average Bonchev–Trinajstić information content (AvgIpc) is 2.97. The number of nitrogens with one attached hydrogen (secondary N) is 1. The quantitative estimate of drug-likeness (QED) is 0.848. The Kier molecular flexibility index (Phi) is 5.22. The van der Waals surface area contributed by atoms with Gasteiger partial charge in [0.15, 0.2) is 0 Å². The van der Waals surface area contributed by atoms with Gasteiger partial charge in [0.05, 0.1) is 5.56 Å². The molecule has 0 spiro atoms. The molecule has 0 radical (unpaired) electrons. The predicted molar refractivity (Wildman–Crippen MR) is 73.6 cm³/mol. The fourth-order valence-electron chi connectivity index (χ4n) is 2.41. The van der Waals surface area contributed by atoms with Crippen molar-refractivity contribution in [3.8, 4) is 0 Å². The molecule has 1 aromatic carbocycles. The van der Waals surface area contributed by atoms with Crippen molar-refractivity contribution < 1.29 is 18.0 Å². The van der Waals surface area contributed by atoms with Gasteiger partial charge < -0.3 is 10.2 Å². The number of hydrogen-bond acceptors (Lipinski definition) is 2. The molecule has 0 bridgehead atoms. The van der Waals surface area contributed by atoms with E-state index >= 15 is 0 Å². The van der Waals surface area contributed by atoms with Gasteiger partial charge in [0.2, 0.25) is 5.91 Å². The van der Waals surface area contributed by atoms with Gasteiger partial charge in [0.25, 0.3) is 0 Å². The zero-order valence-corrected chi connectivity index (χ0v) is 11.7. The van der Waals surface area contributed by atoms with Crippen LogP contribution in [0.25, 0.3) is 0 Å². The third-order valence-corrected chi connectivity index (χ3v) is 3.56. The van der Waals surface area contributed by atoms with Crippen molar-refractivity contribution in [1.29, 1.82) is 0 Å².